The molecule has 0 saturated carbocycles. The summed E-state index contributed by atoms with van der Waals surface area (Å²) in [7, 11) is 0. The normalized spacial score (nSPS) is 13.5. The van der Waals surface area contributed by atoms with Crippen molar-refractivity contribution >= 4 is 5.91 Å². The van der Waals surface area contributed by atoms with Crippen LogP contribution in [0.15, 0.2) is 67.8 Å². The van der Waals surface area contributed by atoms with Gasteiger partial charge in [0.1, 0.15) is 11.5 Å². The summed E-state index contributed by atoms with van der Waals surface area (Å²) < 4.78 is 34.6. The van der Waals surface area contributed by atoms with Crippen molar-refractivity contribution in [3.63, 3.8) is 0 Å². The Balaban J connectivity index is 1.38. The molecule has 0 N–H and O–H groups in total. The molecule has 0 radical (unpaired) electrons. The number of alkyl halides is 2. The van der Waals surface area contributed by atoms with E-state index in [1.54, 1.807) is 29.6 Å². The van der Waals surface area contributed by atoms with E-state index in [0.29, 0.717) is 19.0 Å². The summed E-state index contributed by atoms with van der Waals surface area (Å²) in [5, 5.41) is 0. The molecule has 3 heterocycles. The summed E-state index contributed by atoms with van der Waals surface area (Å²) in [6.45, 7) is 2.02. The van der Waals surface area contributed by atoms with Crippen molar-refractivity contribution in [2.75, 3.05) is 13.1 Å². The topological polar surface area (TPSA) is 77.4 Å². The molecule has 0 spiro atoms. The van der Waals surface area contributed by atoms with Gasteiger partial charge in [0.25, 0.3) is 0 Å². The highest BCUT2D eigenvalue weighted by Crippen LogP contribution is 2.26. The number of hydrogen-bond acceptors (Lipinski definition) is 6. The summed E-state index contributed by atoms with van der Waals surface area (Å²) in [5.74, 6) is 0.623. The molecule has 9 heteroatoms. The van der Waals surface area contributed by atoms with E-state index in [1.165, 1.54) is 24.3 Å². The van der Waals surface area contributed by atoms with Crippen LogP contribution in [0.2, 0.25) is 0 Å². The van der Waals surface area contributed by atoms with Crippen LogP contribution >= 0.6 is 0 Å². The van der Waals surface area contributed by atoms with Gasteiger partial charge >= 0.3 is 12.6 Å². The third-order valence-corrected chi connectivity index (χ3v) is 4.96. The molecule has 164 valence electrons. The minimum atomic E-state index is -2.91. The monoisotopic (exact) mass is 438 g/mol. The Morgan fingerprint density at radius 2 is 1.88 bits per heavy atom. The van der Waals surface area contributed by atoms with Crippen molar-refractivity contribution in [3.05, 3.63) is 73.3 Å². The molecule has 2 aromatic heterocycles. The molecular formula is C23H20F2N4O3. The first-order valence-electron chi connectivity index (χ1n) is 9.90. The van der Waals surface area contributed by atoms with E-state index in [4.69, 9.17) is 4.74 Å². The van der Waals surface area contributed by atoms with Gasteiger partial charge in [-0.2, -0.15) is 8.78 Å². The number of likely N-dealkylation sites (tertiary alicyclic amines) is 1. The summed E-state index contributed by atoms with van der Waals surface area (Å²) in [5.41, 5.74) is 2.69. The number of carbonyl (C=O) groups excluding carboxylic acids is 1. The molecule has 3 aromatic rings. The van der Waals surface area contributed by atoms with Crippen molar-refractivity contribution in [1.82, 2.24) is 19.9 Å². The highest BCUT2D eigenvalue weighted by Gasteiger charge is 2.29. The second-order valence-electron chi connectivity index (χ2n) is 7.31. The first-order chi connectivity index (χ1) is 15.5. The van der Waals surface area contributed by atoms with Crippen molar-refractivity contribution in [2.45, 2.75) is 13.0 Å². The number of rotatable bonds is 8. The van der Waals surface area contributed by atoms with Crippen molar-refractivity contribution in [1.29, 1.82) is 0 Å². The fourth-order valence-electron chi connectivity index (χ4n) is 3.44. The Morgan fingerprint density at radius 1 is 1.12 bits per heavy atom. The van der Waals surface area contributed by atoms with Crippen molar-refractivity contribution < 1.29 is 23.0 Å². The van der Waals surface area contributed by atoms with Crippen molar-refractivity contribution in [2.24, 2.45) is 5.92 Å². The van der Waals surface area contributed by atoms with Gasteiger partial charge in [-0.25, -0.2) is 9.97 Å². The van der Waals surface area contributed by atoms with E-state index in [9.17, 15) is 13.6 Å². The Bertz CT molecular complexity index is 1100. The molecule has 1 amide bonds. The van der Waals surface area contributed by atoms with Crippen LogP contribution in [0.1, 0.15) is 5.56 Å². The fourth-order valence-corrected chi connectivity index (χ4v) is 3.44. The molecule has 32 heavy (non-hydrogen) atoms. The largest absolute Gasteiger partial charge is 0.435 e. The third kappa shape index (κ3) is 5.23. The minimum Gasteiger partial charge on any atom is -0.435 e. The summed E-state index contributed by atoms with van der Waals surface area (Å²) in [6, 6.07) is 7.96. The molecule has 1 aromatic carbocycles. The van der Waals surface area contributed by atoms with Gasteiger partial charge in [0.05, 0.1) is 0 Å². The SMILES string of the molecule is C=CC(=O)N1CC(Cc2cncc(-c3cnc(Oc4cccc(OC(F)F)c4)nc3)c2)C1. The smallest absolute Gasteiger partial charge is 0.387 e. The van der Waals surface area contributed by atoms with Crippen LogP contribution in [-0.2, 0) is 11.2 Å². The van der Waals surface area contributed by atoms with E-state index in [0.717, 1.165) is 23.1 Å². The highest BCUT2D eigenvalue weighted by atomic mass is 19.3. The van der Waals surface area contributed by atoms with Gasteiger partial charge < -0.3 is 14.4 Å². The molecule has 0 aliphatic carbocycles. The first-order valence-corrected chi connectivity index (χ1v) is 9.90. The molecule has 1 aliphatic heterocycles. The number of benzene rings is 1. The molecule has 4 rings (SSSR count). The van der Waals surface area contributed by atoms with Crippen LogP contribution in [0.25, 0.3) is 11.1 Å². The molecule has 0 unspecified atom stereocenters. The van der Waals surface area contributed by atoms with Crippen LogP contribution in [-0.4, -0.2) is 45.5 Å². The van der Waals surface area contributed by atoms with Crippen LogP contribution in [0.3, 0.4) is 0 Å². The standard InChI is InChI=1S/C23H20F2N4O3/c1-2-21(30)29-13-16(14-29)6-15-7-17(10-26-9-15)18-11-27-23(28-12-18)32-20-5-3-4-19(8-20)31-22(24)25/h2-5,7-12,16,22H,1,6,13-14H2. The van der Waals surface area contributed by atoms with Gasteiger partial charge in [0.15, 0.2) is 0 Å². The molecule has 1 aliphatic rings. The zero-order valence-corrected chi connectivity index (χ0v) is 17.0. The molecule has 1 fully saturated rings. The fraction of sp³-hybridized carbons (Fsp3) is 0.217. The third-order valence-electron chi connectivity index (χ3n) is 4.96. The van der Waals surface area contributed by atoms with E-state index in [1.807, 2.05) is 12.3 Å². The quantitative estimate of drug-likeness (QED) is 0.493. The minimum absolute atomic E-state index is 0.0135. The molecule has 0 bridgehead atoms. The maximum absolute atomic E-state index is 12.4. The Hall–Kier alpha value is -3.88. The molecule has 0 atom stereocenters. The van der Waals surface area contributed by atoms with Crippen LogP contribution in [0.5, 0.6) is 17.5 Å². The Kier molecular flexibility index (Phi) is 6.34. The van der Waals surface area contributed by atoms with Crippen LogP contribution in [0, 0.1) is 5.92 Å². The van der Waals surface area contributed by atoms with E-state index < -0.39 is 6.61 Å². The number of nitrogens with zero attached hydrogens (tertiary/aromatic N) is 4. The summed E-state index contributed by atoms with van der Waals surface area (Å²) in [4.78, 5) is 26.0. The number of ether oxygens (including phenoxy) is 2. The number of amides is 1. The van der Waals surface area contributed by atoms with E-state index in [2.05, 4.69) is 26.3 Å². The second kappa shape index (κ2) is 9.51. The lowest BCUT2D eigenvalue weighted by atomic mass is 9.92. The molecule has 7 nitrogen and oxygen atoms in total. The maximum atomic E-state index is 12.4. The zero-order valence-electron chi connectivity index (χ0n) is 17.0. The lowest BCUT2D eigenvalue weighted by Gasteiger charge is -2.38. The zero-order chi connectivity index (χ0) is 22.5. The number of aromatic nitrogens is 3. The lowest BCUT2D eigenvalue weighted by molar-refractivity contribution is -0.132. The van der Waals surface area contributed by atoms with E-state index in [-0.39, 0.29) is 23.4 Å². The molecule has 1 saturated heterocycles. The van der Waals surface area contributed by atoms with Crippen molar-refractivity contribution in [3.8, 4) is 28.6 Å². The number of carbonyl (C=O) groups is 1. The average Bonchev–Trinajstić information content (AvgIpc) is 2.76. The average molecular weight is 438 g/mol. The second-order valence-corrected chi connectivity index (χ2v) is 7.31. The predicted octanol–water partition coefficient (Wildman–Crippen LogP) is 4.12. The number of halogens is 2. The molecular weight excluding hydrogens is 418 g/mol. The predicted molar refractivity (Wildman–Crippen MR) is 112 cm³/mol. The van der Waals surface area contributed by atoms with Gasteiger partial charge in [0, 0.05) is 55.1 Å². The summed E-state index contributed by atoms with van der Waals surface area (Å²) in [6.07, 6.45) is 8.91. The van der Waals surface area contributed by atoms with Gasteiger partial charge in [-0.1, -0.05) is 12.6 Å². The highest BCUT2D eigenvalue weighted by molar-refractivity contribution is 5.87. The van der Waals surface area contributed by atoms with E-state index >= 15 is 0 Å². The Labute approximate surface area is 183 Å². The van der Waals surface area contributed by atoms with Gasteiger partial charge in [-0.3, -0.25) is 9.78 Å². The summed E-state index contributed by atoms with van der Waals surface area (Å²) >= 11 is 0. The maximum Gasteiger partial charge on any atom is 0.387 e. The van der Waals surface area contributed by atoms with Crippen LogP contribution in [0.4, 0.5) is 8.78 Å². The van der Waals surface area contributed by atoms with Gasteiger partial charge in [-0.15, -0.1) is 0 Å². The lowest BCUT2D eigenvalue weighted by Crippen LogP contribution is -2.50. The number of hydrogen-bond donors (Lipinski definition) is 0. The van der Waals surface area contributed by atoms with Crippen LogP contribution < -0.4 is 9.47 Å². The Morgan fingerprint density at radius 3 is 2.59 bits per heavy atom. The van der Waals surface area contributed by atoms with Gasteiger partial charge in [-0.05, 0) is 42.2 Å². The number of pyridine rings is 1. The van der Waals surface area contributed by atoms with Gasteiger partial charge in [0.2, 0.25) is 5.91 Å². The first kappa shape index (κ1) is 21.4.